The van der Waals surface area contributed by atoms with E-state index in [0.29, 0.717) is 17.5 Å². The summed E-state index contributed by atoms with van der Waals surface area (Å²) in [5, 5.41) is 7.29. The van der Waals surface area contributed by atoms with Crippen molar-refractivity contribution in [1.82, 2.24) is 15.0 Å². The molecule has 0 spiro atoms. The highest BCUT2D eigenvalue weighted by Crippen LogP contribution is 2.42. The Bertz CT molecular complexity index is 2930. The summed E-state index contributed by atoms with van der Waals surface area (Å²) in [5.74, 6) is 1.97. The van der Waals surface area contributed by atoms with E-state index < -0.39 is 0 Å². The van der Waals surface area contributed by atoms with Crippen LogP contribution in [0, 0.1) is 0 Å². The zero-order valence-electron chi connectivity index (χ0n) is 27.5. The Morgan fingerprint density at radius 2 is 0.843 bits per heavy atom. The van der Waals surface area contributed by atoms with Gasteiger partial charge in [-0.05, 0) is 86.3 Å². The van der Waals surface area contributed by atoms with Crippen molar-refractivity contribution in [3.63, 3.8) is 0 Å². The third-order valence-electron chi connectivity index (χ3n) is 9.68. The van der Waals surface area contributed by atoms with Crippen molar-refractivity contribution in [2.45, 2.75) is 0 Å². The molecular weight excluding hydrogens is 639 g/mol. The minimum Gasteiger partial charge on any atom is -0.208 e. The van der Waals surface area contributed by atoms with Gasteiger partial charge in [0.15, 0.2) is 17.5 Å². The summed E-state index contributed by atoms with van der Waals surface area (Å²) < 4.78 is 2.49. The summed E-state index contributed by atoms with van der Waals surface area (Å²) in [4.78, 5) is 15.2. The van der Waals surface area contributed by atoms with Crippen LogP contribution >= 0.6 is 11.3 Å². The molecule has 0 saturated carbocycles. The Hall–Kier alpha value is -6.49. The van der Waals surface area contributed by atoms with E-state index in [2.05, 4.69) is 158 Å². The van der Waals surface area contributed by atoms with E-state index in [4.69, 9.17) is 15.0 Å². The summed E-state index contributed by atoms with van der Waals surface area (Å²) in [6, 6.07) is 62.4. The van der Waals surface area contributed by atoms with Crippen LogP contribution in [-0.4, -0.2) is 15.0 Å². The Morgan fingerprint density at radius 3 is 1.59 bits per heavy atom. The maximum absolute atomic E-state index is 5.11. The van der Waals surface area contributed by atoms with Gasteiger partial charge in [-0.25, -0.2) is 15.0 Å². The van der Waals surface area contributed by atoms with Gasteiger partial charge in [-0.3, -0.25) is 0 Å². The van der Waals surface area contributed by atoms with Crippen molar-refractivity contribution >= 4 is 53.1 Å². The van der Waals surface area contributed by atoms with Crippen LogP contribution in [0.4, 0.5) is 0 Å². The molecule has 10 rings (SSSR count). The van der Waals surface area contributed by atoms with Crippen LogP contribution in [0.2, 0.25) is 0 Å². The van der Waals surface area contributed by atoms with E-state index in [1.54, 1.807) is 0 Å². The highest BCUT2D eigenvalue weighted by molar-refractivity contribution is 7.26. The van der Waals surface area contributed by atoms with Gasteiger partial charge in [0.25, 0.3) is 0 Å². The van der Waals surface area contributed by atoms with Gasteiger partial charge in [0.1, 0.15) is 0 Å². The summed E-state index contributed by atoms with van der Waals surface area (Å²) in [6.07, 6.45) is 0. The lowest BCUT2D eigenvalue weighted by Crippen LogP contribution is -2.00. The fourth-order valence-electron chi connectivity index (χ4n) is 7.12. The first kappa shape index (κ1) is 29.4. The van der Waals surface area contributed by atoms with Gasteiger partial charge in [-0.1, -0.05) is 133 Å². The first-order chi connectivity index (χ1) is 25.2. The monoisotopic (exact) mass is 667 g/mol. The molecule has 0 N–H and O–H groups in total. The van der Waals surface area contributed by atoms with E-state index in [0.717, 1.165) is 22.1 Å². The molecule has 0 atom stereocenters. The molecule has 0 radical (unpaired) electrons. The molecule has 0 bridgehead atoms. The second kappa shape index (κ2) is 12.1. The topological polar surface area (TPSA) is 38.7 Å². The van der Waals surface area contributed by atoms with Gasteiger partial charge in [0.2, 0.25) is 0 Å². The van der Waals surface area contributed by atoms with Gasteiger partial charge >= 0.3 is 0 Å². The van der Waals surface area contributed by atoms with Crippen molar-refractivity contribution in [1.29, 1.82) is 0 Å². The van der Waals surface area contributed by atoms with E-state index in [9.17, 15) is 0 Å². The maximum atomic E-state index is 5.11. The van der Waals surface area contributed by atoms with Gasteiger partial charge in [0, 0.05) is 36.9 Å². The Kier molecular flexibility index (Phi) is 7.00. The molecule has 4 heteroatoms. The summed E-state index contributed by atoms with van der Waals surface area (Å²) in [7, 11) is 0. The number of aromatic nitrogens is 3. The molecule has 10 aromatic rings. The largest absolute Gasteiger partial charge is 0.208 e. The zero-order valence-corrected chi connectivity index (χ0v) is 28.3. The maximum Gasteiger partial charge on any atom is 0.164 e. The van der Waals surface area contributed by atoms with Crippen LogP contribution in [0.15, 0.2) is 176 Å². The van der Waals surface area contributed by atoms with E-state index >= 15 is 0 Å². The quantitative estimate of drug-likeness (QED) is 0.183. The fourth-order valence-corrected chi connectivity index (χ4v) is 8.23. The molecular formula is C47H29N3S. The molecule has 0 fully saturated rings. The molecule has 238 valence electrons. The third-order valence-corrected chi connectivity index (χ3v) is 10.8. The Balaban J connectivity index is 1.12. The van der Waals surface area contributed by atoms with Crippen molar-refractivity contribution in [3.8, 4) is 56.4 Å². The molecule has 0 amide bonds. The molecule has 2 aromatic heterocycles. The lowest BCUT2D eigenvalue weighted by atomic mass is 9.95. The predicted molar refractivity (Wildman–Crippen MR) is 215 cm³/mol. The van der Waals surface area contributed by atoms with Crippen molar-refractivity contribution < 1.29 is 0 Å². The number of benzene rings is 8. The molecule has 0 saturated heterocycles. The Morgan fingerprint density at radius 1 is 0.314 bits per heavy atom. The van der Waals surface area contributed by atoms with Crippen molar-refractivity contribution in [2.75, 3.05) is 0 Å². The molecule has 51 heavy (non-hydrogen) atoms. The van der Waals surface area contributed by atoms with Crippen LogP contribution in [0.3, 0.4) is 0 Å². The van der Waals surface area contributed by atoms with Gasteiger partial charge in [0.05, 0.1) is 0 Å². The van der Waals surface area contributed by atoms with Gasteiger partial charge < -0.3 is 0 Å². The number of rotatable bonds is 5. The Labute approximate surface area is 299 Å². The number of fused-ring (bicyclic) bond motifs is 5. The van der Waals surface area contributed by atoms with Crippen LogP contribution < -0.4 is 0 Å². The number of nitrogens with zero attached hydrogens (tertiary/aromatic N) is 3. The summed E-state index contributed by atoms with van der Waals surface area (Å²) >= 11 is 1.82. The highest BCUT2D eigenvalue weighted by Gasteiger charge is 2.16. The minimum absolute atomic E-state index is 0.657. The molecule has 0 aliphatic carbocycles. The van der Waals surface area contributed by atoms with Crippen LogP contribution in [0.25, 0.3) is 98.1 Å². The third kappa shape index (κ3) is 5.34. The second-order valence-electron chi connectivity index (χ2n) is 12.9. The first-order valence-electron chi connectivity index (χ1n) is 17.1. The average Bonchev–Trinajstić information content (AvgIpc) is 3.59. The predicted octanol–water partition coefficient (Wildman–Crippen LogP) is 12.9. The molecule has 2 heterocycles. The molecule has 0 aliphatic heterocycles. The van der Waals surface area contributed by atoms with Crippen LogP contribution in [-0.2, 0) is 0 Å². The van der Waals surface area contributed by atoms with Crippen LogP contribution in [0.5, 0.6) is 0 Å². The molecule has 3 nitrogen and oxygen atoms in total. The van der Waals surface area contributed by atoms with E-state index in [1.165, 1.54) is 58.6 Å². The van der Waals surface area contributed by atoms with Gasteiger partial charge in [-0.2, -0.15) is 0 Å². The van der Waals surface area contributed by atoms with Crippen molar-refractivity contribution in [2.24, 2.45) is 0 Å². The zero-order chi connectivity index (χ0) is 33.7. The fraction of sp³-hybridized carbons (Fsp3) is 0. The standard InChI is InChI=1S/C47H29N3S/c1-2-12-32(13-3-1)45-48-46(38-23-21-31-11-5-7-15-34(31)28-38)50-47(49-45)39-24-25-42-41(29-39)44-40(18-9-19-43(44)51-42)37-17-8-16-35(27-37)36-22-20-30-10-4-6-14-33(30)26-36/h1-29H. The van der Waals surface area contributed by atoms with E-state index in [-0.39, 0.29) is 0 Å². The first-order valence-corrected chi connectivity index (χ1v) is 17.9. The normalized spacial score (nSPS) is 11.5. The average molecular weight is 668 g/mol. The molecule has 0 aliphatic rings. The highest BCUT2D eigenvalue weighted by atomic mass is 32.1. The lowest BCUT2D eigenvalue weighted by Gasteiger charge is -2.10. The molecule has 8 aromatic carbocycles. The smallest absolute Gasteiger partial charge is 0.164 e. The minimum atomic E-state index is 0.657. The lowest BCUT2D eigenvalue weighted by molar-refractivity contribution is 1.08. The summed E-state index contributed by atoms with van der Waals surface area (Å²) in [5.41, 5.74) is 7.71. The van der Waals surface area contributed by atoms with Gasteiger partial charge in [-0.15, -0.1) is 11.3 Å². The summed E-state index contributed by atoms with van der Waals surface area (Å²) in [6.45, 7) is 0. The SMILES string of the molecule is c1ccc(-c2nc(-c3ccc4ccccc4c3)nc(-c3ccc4sc5cccc(-c6cccc(-c7ccc8ccccc8c7)c6)c5c4c3)n2)cc1. The van der Waals surface area contributed by atoms with Crippen LogP contribution in [0.1, 0.15) is 0 Å². The number of hydrogen-bond donors (Lipinski definition) is 0. The van der Waals surface area contributed by atoms with E-state index in [1.807, 2.05) is 29.5 Å². The number of thiophene rings is 1. The number of hydrogen-bond acceptors (Lipinski definition) is 4. The van der Waals surface area contributed by atoms with Crippen molar-refractivity contribution in [3.05, 3.63) is 176 Å². The second-order valence-corrected chi connectivity index (χ2v) is 14.0. The molecule has 0 unspecified atom stereocenters.